The number of aryl methyl sites for hydroxylation is 1. The van der Waals surface area contributed by atoms with Crippen molar-refractivity contribution in [2.75, 3.05) is 11.4 Å². The molecule has 1 amide bonds. The number of benzene rings is 1. The van der Waals surface area contributed by atoms with E-state index >= 15 is 0 Å². The van der Waals surface area contributed by atoms with Gasteiger partial charge in [-0.15, -0.1) is 0 Å². The average Bonchev–Trinajstić information content (AvgIpc) is 2.98. The summed E-state index contributed by atoms with van der Waals surface area (Å²) in [5.74, 6) is -0.652. The minimum Gasteiger partial charge on any atom is -0.476 e. The largest absolute Gasteiger partial charge is 0.476 e. The van der Waals surface area contributed by atoms with Crippen molar-refractivity contribution >= 4 is 17.9 Å². The van der Waals surface area contributed by atoms with Gasteiger partial charge < -0.3 is 9.84 Å². The fraction of sp³-hybridized carbons (Fsp3) is 0.267. The molecule has 114 valence electrons. The Labute approximate surface area is 126 Å². The summed E-state index contributed by atoms with van der Waals surface area (Å²) in [5.41, 5.74) is 0.824. The first-order chi connectivity index (χ1) is 10.6. The molecule has 1 aromatic heterocycles. The van der Waals surface area contributed by atoms with Gasteiger partial charge in [0.15, 0.2) is 5.69 Å². The van der Waals surface area contributed by atoms with Crippen molar-refractivity contribution in [1.29, 1.82) is 0 Å². The summed E-state index contributed by atoms with van der Waals surface area (Å²) < 4.78 is 6.82. The number of hydrogen-bond donors (Lipinski definition) is 1. The van der Waals surface area contributed by atoms with Crippen molar-refractivity contribution in [2.24, 2.45) is 0 Å². The summed E-state index contributed by atoms with van der Waals surface area (Å²) in [7, 11) is 0. The second-order valence-corrected chi connectivity index (χ2v) is 4.96. The van der Waals surface area contributed by atoms with Gasteiger partial charge >= 0.3 is 12.1 Å². The number of ether oxygens (including phenoxy) is 1. The molecule has 0 saturated heterocycles. The molecule has 0 fully saturated rings. The first-order valence-corrected chi connectivity index (χ1v) is 6.94. The van der Waals surface area contributed by atoms with Gasteiger partial charge in [0.25, 0.3) is 0 Å². The molecule has 22 heavy (non-hydrogen) atoms. The Morgan fingerprint density at radius 2 is 2.00 bits per heavy atom. The number of fused-ring (bicyclic) bond motifs is 1. The van der Waals surface area contributed by atoms with Crippen molar-refractivity contribution in [2.45, 2.75) is 19.6 Å². The smallest absolute Gasteiger partial charge is 0.415 e. The standard InChI is InChI=1S/C15H15N3O4/c19-14(20)12-9-13-17(7-4-8-18(13)16-12)15(21)22-10-11-5-2-1-3-6-11/h1-3,5-6,9H,4,7-8,10H2,(H,19,20). The summed E-state index contributed by atoms with van der Waals surface area (Å²) in [4.78, 5) is 24.6. The second-order valence-electron chi connectivity index (χ2n) is 4.96. The number of nitrogens with zero attached hydrogens (tertiary/aromatic N) is 3. The summed E-state index contributed by atoms with van der Waals surface area (Å²) in [5, 5.41) is 13.0. The van der Waals surface area contributed by atoms with Crippen LogP contribution in [-0.2, 0) is 17.9 Å². The van der Waals surface area contributed by atoms with Crippen LogP contribution >= 0.6 is 0 Å². The summed E-state index contributed by atoms with van der Waals surface area (Å²) in [6.45, 7) is 1.25. The third-order valence-corrected chi connectivity index (χ3v) is 3.43. The SMILES string of the molecule is O=C(O)c1cc2n(n1)CCCN2C(=O)OCc1ccccc1. The van der Waals surface area contributed by atoms with E-state index in [9.17, 15) is 9.59 Å². The van der Waals surface area contributed by atoms with E-state index in [4.69, 9.17) is 9.84 Å². The molecule has 0 unspecified atom stereocenters. The van der Waals surface area contributed by atoms with E-state index in [1.807, 2.05) is 30.3 Å². The Morgan fingerprint density at radius 1 is 1.23 bits per heavy atom. The van der Waals surface area contributed by atoms with Crippen LogP contribution in [0.25, 0.3) is 0 Å². The maximum Gasteiger partial charge on any atom is 0.415 e. The molecule has 0 saturated carbocycles. The molecule has 2 aromatic rings. The molecule has 7 nitrogen and oxygen atoms in total. The number of rotatable bonds is 3. The predicted molar refractivity (Wildman–Crippen MR) is 77.8 cm³/mol. The lowest BCUT2D eigenvalue weighted by molar-refractivity contribution is 0.0689. The predicted octanol–water partition coefficient (Wildman–Crippen LogP) is 2.13. The molecule has 7 heteroatoms. The van der Waals surface area contributed by atoms with Crippen LogP contribution in [0.15, 0.2) is 36.4 Å². The quantitative estimate of drug-likeness (QED) is 0.938. The van der Waals surface area contributed by atoms with Crippen LogP contribution in [0.2, 0.25) is 0 Å². The van der Waals surface area contributed by atoms with Gasteiger partial charge in [-0.1, -0.05) is 30.3 Å². The van der Waals surface area contributed by atoms with Crippen LogP contribution in [0.4, 0.5) is 10.6 Å². The van der Waals surface area contributed by atoms with Crippen LogP contribution in [0, 0.1) is 0 Å². The third kappa shape index (κ3) is 2.78. The van der Waals surface area contributed by atoms with Gasteiger partial charge in [0, 0.05) is 19.2 Å². The Bertz CT molecular complexity index is 696. The van der Waals surface area contributed by atoms with Crippen molar-refractivity contribution in [3.8, 4) is 0 Å². The van der Waals surface area contributed by atoms with Crippen LogP contribution in [0.1, 0.15) is 22.5 Å². The minimum atomic E-state index is -1.11. The molecule has 0 atom stereocenters. The minimum absolute atomic E-state index is 0.0715. The van der Waals surface area contributed by atoms with E-state index in [1.165, 1.54) is 15.6 Å². The summed E-state index contributed by atoms with van der Waals surface area (Å²) in [6.07, 6.45) is 0.204. The topological polar surface area (TPSA) is 84.7 Å². The maximum absolute atomic E-state index is 12.2. The van der Waals surface area contributed by atoms with Gasteiger partial charge in [-0.05, 0) is 12.0 Å². The second kappa shape index (κ2) is 5.88. The van der Waals surface area contributed by atoms with E-state index < -0.39 is 12.1 Å². The summed E-state index contributed by atoms with van der Waals surface area (Å²) in [6, 6.07) is 10.8. The van der Waals surface area contributed by atoms with Gasteiger partial charge in [0.2, 0.25) is 0 Å². The van der Waals surface area contributed by atoms with E-state index in [0.29, 0.717) is 25.3 Å². The van der Waals surface area contributed by atoms with Crippen molar-refractivity contribution in [3.05, 3.63) is 47.7 Å². The molecule has 0 aliphatic carbocycles. The Balaban J connectivity index is 1.73. The lowest BCUT2D eigenvalue weighted by Crippen LogP contribution is -2.37. The number of aromatic carboxylic acids is 1. The molecule has 0 spiro atoms. The zero-order valence-corrected chi connectivity index (χ0v) is 11.8. The first-order valence-electron chi connectivity index (χ1n) is 6.94. The number of hydrogen-bond acceptors (Lipinski definition) is 4. The molecule has 1 aromatic carbocycles. The monoisotopic (exact) mass is 301 g/mol. The van der Waals surface area contributed by atoms with Gasteiger partial charge in [0.05, 0.1) is 0 Å². The van der Waals surface area contributed by atoms with Crippen molar-refractivity contribution in [3.63, 3.8) is 0 Å². The average molecular weight is 301 g/mol. The van der Waals surface area contributed by atoms with E-state index in [-0.39, 0.29) is 12.3 Å². The molecular weight excluding hydrogens is 286 g/mol. The number of amides is 1. The molecule has 3 rings (SSSR count). The van der Waals surface area contributed by atoms with Gasteiger partial charge in [0.1, 0.15) is 12.4 Å². The third-order valence-electron chi connectivity index (χ3n) is 3.43. The zero-order chi connectivity index (χ0) is 15.5. The first kappa shape index (κ1) is 14.1. The Hall–Kier alpha value is -2.83. The van der Waals surface area contributed by atoms with Crippen LogP contribution in [-0.4, -0.2) is 33.5 Å². The number of carbonyl (C=O) groups excluding carboxylic acids is 1. The molecule has 2 heterocycles. The molecule has 1 aliphatic heterocycles. The van der Waals surface area contributed by atoms with Crippen LogP contribution in [0.3, 0.4) is 0 Å². The number of carbonyl (C=O) groups is 2. The van der Waals surface area contributed by atoms with E-state index in [0.717, 1.165) is 5.56 Å². The summed E-state index contributed by atoms with van der Waals surface area (Å²) >= 11 is 0. The fourth-order valence-electron chi connectivity index (χ4n) is 2.37. The number of carboxylic acid groups (broad SMARTS) is 1. The number of aromatic nitrogens is 2. The van der Waals surface area contributed by atoms with E-state index in [2.05, 4.69) is 5.10 Å². The van der Waals surface area contributed by atoms with Crippen LogP contribution in [0.5, 0.6) is 0 Å². The number of carboxylic acids is 1. The van der Waals surface area contributed by atoms with Gasteiger partial charge in [-0.2, -0.15) is 5.10 Å². The lowest BCUT2D eigenvalue weighted by Gasteiger charge is -2.26. The molecule has 0 bridgehead atoms. The zero-order valence-electron chi connectivity index (χ0n) is 11.8. The van der Waals surface area contributed by atoms with Crippen molar-refractivity contribution < 1.29 is 19.4 Å². The Kier molecular flexibility index (Phi) is 3.78. The molecule has 1 N–H and O–H groups in total. The van der Waals surface area contributed by atoms with Gasteiger partial charge in [-0.3, -0.25) is 4.90 Å². The highest BCUT2D eigenvalue weighted by atomic mass is 16.6. The molecule has 1 aliphatic rings. The normalized spacial score (nSPS) is 13.5. The highest BCUT2D eigenvalue weighted by molar-refractivity contribution is 5.91. The number of anilines is 1. The highest BCUT2D eigenvalue weighted by Crippen LogP contribution is 2.23. The fourth-order valence-corrected chi connectivity index (χ4v) is 2.37. The van der Waals surface area contributed by atoms with Crippen LogP contribution < -0.4 is 4.90 Å². The Morgan fingerprint density at radius 3 is 2.73 bits per heavy atom. The lowest BCUT2D eigenvalue weighted by atomic mass is 10.2. The van der Waals surface area contributed by atoms with E-state index in [1.54, 1.807) is 0 Å². The highest BCUT2D eigenvalue weighted by Gasteiger charge is 2.27. The molecular formula is C15H15N3O4. The van der Waals surface area contributed by atoms with Crippen molar-refractivity contribution in [1.82, 2.24) is 9.78 Å². The maximum atomic E-state index is 12.2. The molecule has 0 radical (unpaired) electrons. The van der Waals surface area contributed by atoms with Gasteiger partial charge in [-0.25, -0.2) is 14.3 Å².